The van der Waals surface area contributed by atoms with Crippen molar-refractivity contribution in [3.8, 4) is 0 Å². The second-order valence-electron chi connectivity index (χ2n) is 11.4. The number of alkyl halides is 3. The van der Waals surface area contributed by atoms with E-state index in [1.807, 2.05) is 24.3 Å². The zero-order valence-corrected chi connectivity index (χ0v) is 25.1. The predicted octanol–water partition coefficient (Wildman–Crippen LogP) is 6.03. The summed E-state index contributed by atoms with van der Waals surface area (Å²) in [4.78, 5) is 30.5. The fourth-order valence-corrected chi connectivity index (χ4v) is 5.48. The molecule has 238 valence electrons. The standard InChI is InChI=1S/C35H39F3N4O3/c1-23(35(36,37)38)29-9-5-6-24(20-29)12-19-32(44)42(30-17-15-27(16-18-30)26-7-3-2-4-8-26)22-25-10-13-28(14-11-25)33(39)41-21-31(43)34(40)45/h5-6,9-11,13-18,20,26,31,43H,1-4,7-8,12,19,21-22H2,(H2,39,41)(H2,40,45)/t31-/m1/s1. The van der Waals surface area contributed by atoms with Crippen molar-refractivity contribution in [2.45, 2.75) is 69.7 Å². The fraction of sp³-hybridized carbons (Fsp3) is 0.343. The minimum atomic E-state index is -4.54. The second-order valence-corrected chi connectivity index (χ2v) is 11.4. The molecule has 45 heavy (non-hydrogen) atoms. The lowest BCUT2D eigenvalue weighted by atomic mass is 9.84. The van der Waals surface area contributed by atoms with Crippen molar-refractivity contribution in [2.24, 2.45) is 16.5 Å². The highest BCUT2D eigenvalue weighted by molar-refractivity contribution is 5.98. The SMILES string of the molecule is C=C(c1cccc(CCC(=O)N(Cc2ccc(C(N)=NC[C@@H](O)C(N)=O)cc2)c2ccc(C3CCCCC3)cc2)c1)C(F)(F)F. The van der Waals surface area contributed by atoms with Crippen molar-refractivity contribution in [3.63, 3.8) is 0 Å². The number of nitrogens with zero attached hydrogens (tertiary/aromatic N) is 2. The molecule has 0 spiro atoms. The Labute approximate surface area is 261 Å². The molecule has 0 saturated heterocycles. The van der Waals surface area contributed by atoms with E-state index in [0.29, 0.717) is 17.0 Å². The van der Waals surface area contributed by atoms with Crippen LogP contribution in [0.25, 0.3) is 5.57 Å². The predicted molar refractivity (Wildman–Crippen MR) is 171 cm³/mol. The number of amides is 2. The van der Waals surface area contributed by atoms with Gasteiger partial charge in [0.2, 0.25) is 11.8 Å². The number of allylic oxidation sites excluding steroid dienone is 1. The van der Waals surface area contributed by atoms with E-state index in [0.717, 1.165) is 24.1 Å². The number of aliphatic hydroxyl groups excluding tert-OH is 1. The third kappa shape index (κ3) is 9.28. The molecule has 2 amide bonds. The van der Waals surface area contributed by atoms with Crippen molar-refractivity contribution in [1.82, 2.24) is 0 Å². The monoisotopic (exact) mass is 620 g/mol. The maximum absolute atomic E-state index is 13.7. The number of carbonyl (C=O) groups excluding carboxylic acids is 2. The van der Waals surface area contributed by atoms with Crippen molar-refractivity contribution in [1.29, 1.82) is 0 Å². The number of primary amides is 1. The molecule has 1 saturated carbocycles. The molecule has 1 fully saturated rings. The maximum atomic E-state index is 13.7. The van der Waals surface area contributed by atoms with Crippen LogP contribution in [-0.4, -0.2) is 41.6 Å². The summed E-state index contributed by atoms with van der Waals surface area (Å²) in [6.45, 7) is 3.18. The number of halogens is 3. The lowest BCUT2D eigenvalue weighted by Gasteiger charge is -2.26. The van der Waals surface area contributed by atoms with Crippen molar-refractivity contribution < 1.29 is 27.9 Å². The summed E-state index contributed by atoms with van der Waals surface area (Å²) in [5, 5.41) is 9.58. The van der Waals surface area contributed by atoms with Gasteiger partial charge in [-0.2, -0.15) is 13.2 Å². The quantitative estimate of drug-likeness (QED) is 0.169. The lowest BCUT2D eigenvalue weighted by Crippen LogP contribution is -2.31. The highest BCUT2D eigenvalue weighted by atomic mass is 19.4. The molecule has 5 N–H and O–H groups in total. The van der Waals surface area contributed by atoms with Gasteiger partial charge in [0, 0.05) is 17.7 Å². The summed E-state index contributed by atoms with van der Waals surface area (Å²) < 4.78 is 39.6. The van der Waals surface area contributed by atoms with Gasteiger partial charge in [-0.1, -0.05) is 86.5 Å². The molecule has 0 aromatic heterocycles. The van der Waals surface area contributed by atoms with E-state index >= 15 is 0 Å². The summed E-state index contributed by atoms with van der Waals surface area (Å²) in [6, 6.07) is 21.2. The number of hydrogen-bond acceptors (Lipinski definition) is 4. The summed E-state index contributed by atoms with van der Waals surface area (Å²) in [6.07, 6.45) is 0.379. The summed E-state index contributed by atoms with van der Waals surface area (Å²) in [5.41, 5.74) is 14.1. The van der Waals surface area contributed by atoms with Crippen molar-refractivity contribution in [3.05, 3.63) is 107 Å². The molecule has 0 bridgehead atoms. The number of aliphatic imine (C=N–C) groups is 1. The van der Waals surface area contributed by atoms with Crippen LogP contribution in [-0.2, 0) is 22.6 Å². The maximum Gasteiger partial charge on any atom is 0.416 e. The highest BCUT2D eigenvalue weighted by Crippen LogP contribution is 2.34. The zero-order chi connectivity index (χ0) is 32.6. The van der Waals surface area contributed by atoms with Crippen LogP contribution in [0.3, 0.4) is 0 Å². The largest absolute Gasteiger partial charge is 0.416 e. The van der Waals surface area contributed by atoms with Gasteiger partial charge >= 0.3 is 6.18 Å². The van der Waals surface area contributed by atoms with Crippen LogP contribution >= 0.6 is 0 Å². The van der Waals surface area contributed by atoms with Gasteiger partial charge < -0.3 is 21.5 Å². The van der Waals surface area contributed by atoms with E-state index in [1.165, 1.54) is 37.0 Å². The third-order valence-electron chi connectivity index (χ3n) is 8.18. The smallest absolute Gasteiger partial charge is 0.384 e. The van der Waals surface area contributed by atoms with Crippen molar-refractivity contribution in [2.75, 3.05) is 11.4 Å². The van der Waals surface area contributed by atoms with Crippen LogP contribution in [0, 0.1) is 0 Å². The number of anilines is 1. The minimum Gasteiger partial charge on any atom is -0.384 e. The van der Waals surface area contributed by atoms with Gasteiger partial charge in [-0.3, -0.25) is 14.6 Å². The van der Waals surface area contributed by atoms with Gasteiger partial charge in [0.1, 0.15) is 5.84 Å². The van der Waals surface area contributed by atoms with Crippen LogP contribution in [0.15, 0.2) is 84.4 Å². The first-order valence-electron chi connectivity index (χ1n) is 15.0. The Kier molecular flexibility index (Phi) is 11.2. The molecule has 3 aromatic rings. The Hall–Kier alpha value is -4.44. The van der Waals surface area contributed by atoms with E-state index in [4.69, 9.17) is 11.5 Å². The van der Waals surface area contributed by atoms with Crippen LogP contribution < -0.4 is 16.4 Å². The van der Waals surface area contributed by atoms with E-state index in [2.05, 4.69) is 23.7 Å². The molecular weight excluding hydrogens is 581 g/mol. The van der Waals surface area contributed by atoms with E-state index in [9.17, 15) is 27.9 Å². The van der Waals surface area contributed by atoms with Crippen LogP contribution in [0.4, 0.5) is 18.9 Å². The number of aliphatic hydroxyl groups is 1. The zero-order valence-electron chi connectivity index (χ0n) is 25.1. The third-order valence-corrected chi connectivity index (χ3v) is 8.18. The van der Waals surface area contributed by atoms with Gasteiger partial charge in [0.05, 0.1) is 18.7 Å². The Morgan fingerprint density at radius 1 is 0.933 bits per heavy atom. The molecule has 1 aliphatic carbocycles. The number of benzene rings is 3. The fourth-order valence-electron chi connectivity index (χ4n) is 5.48. The molecule has 4 rings (SSSR count). The lowest BCUT2D eigenvalue weighted by molar-refractivity contribution is -0.125. The minimum absolute atomic E-state index is 0.0188. The number of carbonyl (C=O) groups is 2. The second kappa shape index (κ2) is 15.0. The molecule has 10 heteroatoms. The van der Waals surface area contributed by atoms with Gasteiger partial charge in [-0.05, 0) is 59.6 Å². The first-order valence-corrected chi connectivity index (χ1v) is 15.0. The Morgan fingerprint density at radius 3 is 2.22 bits per heavy atom. The summed E-state index contributed by atoms with van der Waals surface area (Å²) in [5.74, 6) is -0.424. The highest BCUT2D eigenvalue weighted by Gasteiger charge is 2.32. The molecule has 0 radical (unpaired) electrons. The van der Waals surface area contributed by atoms with Crippen LogP contribution in [0.2, 0.25) is 0 Å². The summed E-state index contributed by atoms with van der Waals surface area (Å²) >= 11 is 0. The number of hydrogen-bond donors (Lipinski definition) is 3. The van der Waals surface area contributed by atoms with E-state index in [-0.39, 0.29) is 43.2 Å². The van der Waals surface area contributed by atoms with Crippen molar-refractivity contribution >= 4 is 28.9 Å². The Morgan fingerprint density at radius 2 is 1.60 bits per heavy atom. The van der Waals surface area contributed by atoms with Crippen LogP contribution in [0.5, 0.6) is 0 Å². The normalized spacial score (nSPS) is 15.0. The number of aryl methyl sites for hydroxylation is 1. The Bertz CT molecular complexity index is 1510. The number of amidine groups is 1. The molecule has 3 aromatic carbocycles. The summed E-state index contributed by atoms with van der Waals surface area (Å²) in [7, 11) is 0. The number of nitrogens with two attached hydrogens (primary N) is 2. The van der Waals surface area contributed by atoms with Gasteiger partial charge in [-0.25, -0.2) is 0 Å². The van der Waals surface area contributed by atoms with Gasteiger partial charge in [0.15, 0.2) is 6.10 Å². The molecule has 1 aliphatic rings. The topological polar surface area (TPSA) is 122 Å². The molecule has 0 heterocycles. The average Bonchev–Trinajstić information content (AvgIpc) is 3.05. The Balaban J connectivity index is 1.52. The first-order chi connectivity index (χ1) is 21.4. The number of rotatable bonds is 12. The molecule has 7 nitrogen and oxygen atoms in total. The van der Waals surface area contributed by atoms with Gasteiger partial charge in [0.25, 0.3) is 0 Å². The molecular formula is C35H39F3N4O3. The molecule has 1 atom stereocenters. The van der Waals surface area contributed by atoms with Crippen LogP contribution in [0.1, 0.15) is 72.3 Å². The molecule has 0 aliphatic heterocycles. The average molecular weight is 621 g/mol. The van der Waals surface area contributed by atoms with E-state index < -0.39 is 23.8 Å². The van der Waals surface area contributed by atoms with E-state index in [1.54, 1.807) is 29.2 Å². The molecule has 0 unspecified atom stereocenters. The van der Waals surface area contributed by atoms with Gasteiger partial charge in [-0.15, -0.1) is 0 Å². The first kappa shape index (κ1) is 33.5.